The number of aliphatic carboxylic acids is 1. The van der Waals surface area contributed by atoms with Crippen molar-refractivity contribution >= 4 is 12.1 Å². The monoisotopic (exact) mass is 237 g/mol. The number of terminal acetylenes is 1. The second-order valence-corrected chi connectivity index (χ2v) is 3.88. The third-order valence-electron chi connectivity index (χ3n) is 2.72. The molecule has 1 N–H and O–H groups in total. The van der Waals surface area contributed by atoms with Crippen molar-refractivity contribution in [1.29, 1.82) is 0 Å². The van der Waals surface area contributed by atoms with Gasteiger partial charge in [0.2, 0.25) is 0 Å². The van der Waals surface area contributed by atoms with Gasteiger partial charge >= 0.3 is 12.1 Å². The predicted octanol–water partition coefficient (Wildman–Crippen LogP) is 0.965. The van der Waals surface area contributed by atoms with Crippen molar-refractivity contribution in [3.63, 3.8) is 0 Å². The Kier molecular flexibility index (Phi) is 4.58. The first kappa shape index (κ1) is 13.1. The van der Waals surface area contributed by atoms with E-state index in [9.17, 15) is 9.59 Å². The van der Waals surface area contributed by atoms with E-state index in [4.69, 9.17) is 16.3 Å². The Morgan fingerprint density at radius 1 is 1.65 bits per heavy atom. The highest BCUT2D eigenvalue weighted by Crippen LogP contribution is 2.27. The minimum atomic E-state index is -0.910. The topological polar surface area (TPSA) is 66.8 Å². The molecule has 1 amide bonds. The maximum Gasteiger partial charge on any atom is 0.410 e. The highest BCUT2D eigenvalue weighted by atomic mass is 16.6. The Labute approximate surface area is 100 Å². The van der Waals surface area contributed by atoms with Crippen molar-refractivity contribution < 1.29 is 19.4 Å². The number of carboxylic acid groups (broad SMARTS) is 1. The lowest BCUT2D eigenvalue weighted by Crippen LogP contribution is -2.54. The largest absolute Gasteiger partial charge is 0.481 e. The smallest absolute Gasteiger partial charge is 0.410 e. The number of carbonyl (C=O) groups excluding carboxylic acids is 1. The summed E-state index contributed by atoms with van der Waals surface area (Å²) in [4.78, 5) is 23.7. The summed E-state index contributed by atoms with van der Waals surface area (Å²) in [6.07, 6.45) is 6.35. The first-order valence-electron chi connectivity index (χ1n) is 5.29. The van der Waals surface area contributed by atoms with Crippen molar-refractivity contribution in [3.05, 3.63) is 12.7 Å². The Bertz CT molecular complexity index is 352. The Morgan fingerprint density at radius 3 is 2.76 bits per heavy atom. The Morgan fingerprint density at radius 2 is 2.29 bits per heavy atom. The molecule has 1 aliphatic heterocycles. The van der Waals surface area contributed by atoms with E-state index in [1.165, 1.54) is 11.0 Å². The van der Waals surface area contributed by atoms with E-state index < -0.39 is 18.0 Å². The van der Waals surface area contributed by atoms with E-state index >= 15 is 0 Å². The number of rotatable bonds is 5. The molecular weight excluding hydrogens is 222 g/mol. The average Bonchev–Trinajstić information content (AvgIpc) is 2.22. The van der Waals surface area contributed by atoms with Crippen LogP contribution in [0.15, 0.2) is 12.7 Å². The summed E-state index contributed by atoms with van der Waals surface area (Å²) < 4.78 is 4.82. The number of nitrogens with zero attached hydrogens (tertiary/aromatic N) is 1. The Balaban J connectivity index is 2.39. The van der Waals surface area contributed by atoms with Gasteiger partial charge in [-0.3, -0.25) is 4.79 Å². The van der Waals surface area contributed by atoms with Crippen LogP contribution in [0.5, 0.6) is 0 Å². The maximum absolute atomic E-state index is 11.3. The molecule has 0 saturated carbocycles. The van der Waals surface area contributed by atoms with Crippen molar-refractivity contribution in [2.75, 3.05) is 19.7 Å². The van der Waals surface area contributed by atoms with E-state index in [-0.39, 0.29) is 18.9 Å². The summed E-state index contributed by atoms with van der Waals surface area (Å²) in [7, 11) is 0. The molecule has 1 heterocycles. The maximum atomic E-state index is 11.3. The molecule has 0 bridgehead atoms. The van der Waals surface area contributed by atoms with E-state index in [0.717, 1.165) is 0 Å². The second-order valence-electron chi connectivity index (χ2n) is 3.88. The molecule has 17 heavy (non-hydrogen) atoms. The molecule has 0 radical (unpaired) electrons. The summed E-state index contributed by atoms with van der Waals surface area (Å²) in [5, 5.41) is 8.96. The molecule has 5 nitrogen and oxygen atoms in total. The summed E-state index contributed by atoms with van der Waals surface area (Å²) in [6.45, 7) is 4.36. The first-order valence-corrected chi connectivity index (χ1v) is 5.29. The fourth-order valence-corrected chi connectivity index (χ4v) is 1.72. The van der Waals surface area contributed by atoms with Crippen LogP contribution in [-0.2, 0) is 9.53 Å². The third kappa shape index (κ3) is 3.25. The number of ether oxygens (including phenoxy) is 1. The van der Waals surface area contributed by atoms with Crippen LogP contribution in [0.25, 0.3) is 0 Å². The summed E-state index contributed by atoms with van der Waals surface area (Å²) in [6, 6.07) is 0. The van der Waals surface area contributed by atoms with Gasteiger partial charge < -0.3 is 14.7 Å². The molecular formula is C12H15NO4. The normalized spacial score (nSPS) is 16.5. The molecule has 1 atom stereocenters. The fraction of sp³-hybridized carbons (Fsp3) is 0.500. The lowest BCUT2D eigenvalue weighted by atomic mass is 9.84. The van der Waals surface area contributed by atoms with Crippen LogP contribution >= 0.6 is 0 Å². The summed E-state index contributed by atoms with van der Waals surface area (Å²) >= 11 is 0. The predicted molar refractivity (Wildman–Crippen MR) is 61.2 cm³/mol. The lowest BCUT2D eigenvalue weighted by molar-refractivity contribution is -0.145. The lowest BCUT2D eigenvalue weighted by Gasteiger charge is -2.40. The zero-order chi connectivity index (χ0) is 12.8. The molecule has 1 aliphatic rings. The number of hydrogen-bond donors (Lipinski definition) is 1. The molecule has 0 spiro atoms. The zero-order valence-electron chi connectivity index (χ0n) is 9.46. The average molecular weight is 237 g/mol. The van der Waals surface area contributed by atoms with Gasteiger partial charge in [0.25, 0.3) is 0 Å². The van der Waals surface area contributed by atoms with Gasteiger partial charge in [-0.1, -0.05) is 12.7 Å². The van der Waals surface area contributed by atoms with E-state index in [2.05, 4.69) is 12.5 Å². The van der Waals surface area contributed by atoms with Crippen molar-refractivity contribution in [2.45, 2.75) is 6.42 Å². The van der Waals surface area contributed by atoms with E-state index in [0.29, 0.717) is 13.1 Å². The van der Waals surface area contributed by atoms with Gasteiger partial charge in [-0.25, -0.2) is 4.79 Å². The van der Waals surface area contributed by atoms with Crippen LogP contribution in [0.2, 0.25) is 0 Å². The molecule has 92 valence electrons. The van der Waals surface area contributed by atoms with Crippen molar-refractivity contribution in [1.82, 2.24) is 4.90 Å². The van der Waals surface area contributed by atoms with Crippen molar-refractivity contribution in [3.8, 4) is 12.3 Å². The number of likely N-dealkylation sites (tertiary alicyclic amines) is 1. The number of carboxylic acids is 1. The molecule has 1 rings (SSSR count). The third-order valence-corrected chi connectivity index (χ3v) is 2.72. The van der Waals surface area contributed by atoms with E-state index in [1.54, 1.807) is 0 Å². The van der Waals surface area contributed by atoms with Crippen LogP contribution < -0.4 is 0 Å². The number of hydrogen-bond acceptors (Lipinski definition) is 3. The first-order chi connectivity index (χ1) is 8.10. The van der Waals surface area contributed by atoms with Gasteiger partial charge in [-0.15, -0.1) is 12.3 Å². The van der Waals surface area contributed by atoms with Gasteiger partial charge in [0.15, 0.2) is 0 Å². The van der Waals surface area contributed by atoms with Gasteiger partial charge in [-0.2, -0.15) is 0 Å². The quantitative estimate of drug-likeness (QED) is 0.571. The molecule has 1 saturated heterocycles. The molecule has 0 aromatic rings. The molecule has 1 fully saturated rings. The van der Waals surface area contributed by atoms with Crippen LogP contribution in [-0.4, -0.2) is 41.8 Å². The van der Waals surface area contributed by atoms with Crippen molar-refractivity contribution in [2.24, 2.45) is 11.8 Å². The number of carbonyl (C=O) groups is 2. The SMILES string of the molecule is C#CCC(C(=O)O)C1CN(C(=O)OCC=C)C1. The zero-order valence-corrected chi connectivity index (χ0v) is 9.46. The van der Waals surface area contributed by atoms with Gasteiger partial charge in [0.05, 0.1) is 5.92 Å². The minimum absolute atomic E-state index is 0.0835. The Hall–Kier alpha value is -1.96. The second kappa shape index (κ2) is 5.94. The molecule has 0 aliphatic carbocycles. The standard InChI is InChI=1S/C12H15NO4/c1-3-5-10(11(14)15)9-7-13(8-9)12(16)17-6-4-2/h1,4,9-10H,2,5-8H2,(H,14,15). The van der Waals surface area contributed by atoms with E-state index in [1.807, 2.05) is 0 Å². The molecule has 0 aromatic heterocycles. The van der Waals surface area contributed by atoms with Crippen LogP contribution in [0.3, 0.4) is 0 Å². The molecule has 0 aromatic carbocycles. The summed E-state index contributed by atoms with van der Waals surface area (Å²) in [5.74, 6) is 0.774. The van der Waals surface area contributed by atoms with Crippen LogP contribution in [0, 0.1) is 24.2 Å². The molecule has 1 unspecified atom stereocenters. The highest BCUT2D eigenvalue weighted by molar-refractivity contribution is 5.73. The van der Waals surface area contributed by atoms with Gasteiger partial charge in [0.1, 0.15) is 6.61 Å². The summed E-state index contributed by atoms with van der Waals surface area (Å²) in [5.41, 5.74) is 0. The van der Waals surface area contributed by atoms with Crippen LogP contribution in [0.4, 0.5) is 4.79 Å². The fourth-order valence-electron chi connectivity index (χ4n) is 1.72. The van der Waals surface area contributed by atoms with Gasteiger partial charge in [-0.05, 0) is 0 Å². The van der Waals surface area contributed by atoms with Crippen LogP contribution in [0.1, 0.15) is 6.42 Å². The minimum Gasteiger partial charge on any atom is -0.481 e. The van der Waals surface area contributed by atoms with Gasteiger partial charge in [0, 0.05) is 25.4 Å². The number of amides is 1. The highest BCUT2D eigenvalue weighted by Gasteiger charge is 2.39. The molecule has 5 heteroatoms.